The second-order valence-electron chi connectivity index (χ2n) is 12.3. The van der Waals surface area contributed by atoms with Gasteiger partial charge in [0.05, 0.1) is 11.7 Å². The number of anilines is 1. The minimum atomic E-state index is -0.205. The Morgan fingerprint density at radius 2 is 1.13 bits per heavy atom. The topological polar surface area (TPSA) is 45.3 Å². The van der Waals surface area contributed by atoms with Crippen LogP contribution >= 0.6 is 0 Å². The lowest BCUT2D eigenvalue weighted by Gasteiger charge is -2.33. The van der Waals surface area contributed by atoms with Crippen LogP contribution < -0.4 is 20.7 Å². The maximum Gasteiger partial charge on any atom is 0.196 e. The van der Waals surface area contributed by atoms with E-state index in [0.29, 0.717) is 0 Å². The number of hydrogen-bond acceptors (Lipinski definition) is 4. The fraction of sp³-hybridized carbons (Fsp3) is 0.0698. The van der Waals surface area contributed by atoms with Crippen molar-refractivity contribution in [3.8, 4) is 16.9 Å². The molecule has 2 heterocycles. The summed E-state index contributed by atoms with van der Waals surface area (Å²) in [5, 5.41) is 16.1. The highest BCUT2D eigenvalue weighted by atomic mass is 16.5. The molecule has 9 rings (SSSR count). The first-order chi connectivity index (χ1) is 23.3. The summed E-state index contributed by atoms with van der Waals surface area (Å²) >= 11 is 0. The Morgan fingerprint density at radius 1 is 0.489 bits per heavy atom. The van der Waals surface area contributed by atoms with Gasteiger partial charge in [-0.1, -0.05) is 146 Å². The number of benzene rings is 7. The molecule has 4 nitrogen and oxygen atoms in total. The summed E-state index contributed by atoms with van der Waals surface area (Å²) in [5.41, 5.74) is 9.31. The van der Waals surface area contributed by atoms with Crippen molar-refractivity contribution < 1.29 is 4.74 Å². The van der Waals surface area contributed by atoms with Crippen LogP contribution in [0.2, 0.25) is 0 Å². The van der Waals surface area contributed by atoms with Gasteiger partial charge in [-0.25, -0.2) is 0 Å². The molecule has 0 radical (unpaired) electrons. The SMILES string of the molecule is C1=C(c2ccccc2)NC(c2ccc3c(ccc4ccc5c(c43)NC(c3ccccc3)O5)c2)NC1c1ccc(-c2ccccc2)cc1. The molecular weight excluding hydrogens is 574 g/mol. The fourth-order valence-electron chi connectivity index (χ4n) is 6.97. The summed E-state index contributed by atoms with van der Waals surface area (Å²) in [7, 11) is 0. The lowest BCUT2D eigenvalue weighted by atomic mass is 9.95. The van der Waals surface area contributed by atoms with Crippen LogP contribution in [0.4, 0.5) is 5.69 Å². The highest BCUT2D eigenvalue weighted by molar-refractivity contribution is 6.15. The maximum absolute atomic E-state index is 6.37. The monoisotopic (exact) mass is 607 g/mol. The zero-order valence-electron chi connectivity index (χ0n) is 25.7. The molecule has 0 bridgehead atoms. The van der Waals surface area contributed by atoms with Gasteiger partial charge < -0.3 is 15.4 Å². The number of nitrogens with one attached hydrogen (secondary N) is 3. The van der Waals surface area contributed by atoms with E-state index in [1.165, 1.54) is 49.4 Å². The number of hydrogen-bond donors (Lipinski definition) is 3. The third-order valence-corrected chi connectivity index (χ3v) is 9.38. The summed E-state index contributed by atoms with van der Waals surface area (Å²) in [5.74, 6) is 0.886. The molecule has 0 fully saturated rings. The van der Waals surface area contributed by atoms with E-state index in [1.807, 2.05) is 6.07 Å². The lowest BCUT2D eigenvalue weighted by Crippen LogP contribution is -2.39. The second-order valence-corrected chi connectivity index (χ2v) is 12.3. The predicted molar refractivity (Wildman–Crippen MR) is 193 cm³/mol. The Kier molecular flexibility index (Phi) is 6.72. The first-order valence-electron chi connectivity index (χ1n) is 16.2. The first-order valence-corrected chi connectivity index (χ1v) is 16.2. The fourth-order valence-corrected chi connectivity index (χ4v) is 6.97. The third kappa shape index (κ3) is 5.09. The summed E-state index contributed by atoms with van der Waals surface area (Å²) in [6.45, 7) is 0. The lowest BCUT2D eigenvalue weighted by molar-refractivity contribution is 0.260. The molecule has 3 N–H and O–H groups in total. The molecule has 0 saturated carbocycles. The van der Waals surface area contributed by atoms with Crippen molar-refractivity contribution >= 4 is 32.9 Å². The number of fused-ring (bicyclic) bond motifs is 5. The zero-order chi connectivity index (χ0) is 31.2. The molecule has 3 atom stereocenters. The van der Waals surface area contributed by atoms with Gasteiger partial charge in [0.2, 0.25) is 0 Å². The van der Waals surface area contributed by atoms with Gasteiger partial charge in [-0.05, 0) is 62.2 Å². The molecule has 0 saturated heterocycles. The van der Waals surface area contributed by atoms with Crippen molar-refractivity contribution in [2.24, 2.45) is 0 Å². The van der Waals surface area contributed by atoms with Crippen LogP contribution in [-0.4, -0.2) is 0 Å². The van der Waals surface area contributed by atoms with Crippen LogP contribution in [-0.2, 0) is 0 Å². The first kappa shape index (κ1) is 27.5. The normalized spacial score (nSPS) is 18.6. The van der Waals surface area contributed by atoms with Crippen molar-refractivity contribution in [1.29, 1.82) is 0 Å². The molecule has 4 heteroatoms. The van der Waals surface area contributed by atoms with E-state index in [2.05, 4.69) is 174 Å². The molecule has 47 heavy (non-hydrogen) atoms. The van der Waals surface area contributed by atoms with E-state index in [9.17, 15) is 0 Å². The Labute approximate surface area is 274 Å². The van der Waals surface area contributed by atoms with Gasteiger partial charge in [-0.3, -0.25) is 5.32 Å². The van der Waals surface area contributed by atoms with E-state index in [1.54, 1.807) is 0 Å². The van der Waals surface area contributed by atoms with E-state index in [4.69, 9.17) is 4.74 Å². The van der Waals surface area contributed by atoms with Crippen LogP contribution in [0, 0.1) is 0 Å². The van der Waals surface area contributed by atoms with Crippen molar-refractivity contribution in [1.82, 2.24) is 10.6 Å². The Bertz CT molecular complexity index is 2250. The molecular formula is C43H33N3O. The Morgan fingerprint density at radius 3 is 1.89 bits per heavy atom. The minimum Gasteiger partial charge on any atom is -0.464 e. The average molecular weight is 608 g/mol. The molecule has 7 aromatic carbocycles. The standard InChI is InChI=1S/C43H33N3O/c1-4-10-28(11-5-1)29-16-18-31(19-17-29)38-27-37(30-12-6-2-7-13-30)44-42(45-38)35-22-24-36-34(26-35)21-20-32-23-25-39-41(40(32)36)46-43(47-39)33-14-8-3-9-15-33/h1-27,38,42-46H. The molecule has 2 aliphatic rings. The molecule has 2 aliphatic heterocycles. The van der Waals surface area contributed by atoms with Crippen LogP contribution in [0.15, 0.2) is 164 Å². The minimum absolute atomic E-state index is 0.0353. The maximum atomic E-state index is 6.37. The van der Waals surface area contributed by atoms with Crippen LogP contribution in [0.5, 0.6) is 5.75 Å². The highest BCUT2D eigenvalue weighted by Crippen LogP contribution is 2.45. The van der Waals surface area contributed by atoms with E-state index in [0.717, 1.165) is 22.7 Å². The van der Waals surface area contributed by atoms with E-state index < -0.39 is 0 Å². The van der Waals surface area contributed by atoms with Crippen molar-refractivity contribution in [2.45, 2.75) is 18.4 Å². The van der Waals surface area contributed by atoms with Crippen LogP contribution in [0.1, 0.15) is 40.7 Å². The van der Waals surface area contributed by atoms with Gasteiger partial charge in [0.25, 0.3) is 0 Å². The number of rotatable bonds is 5. The summed E-state index contributed by atoms with van der Waals surface area (Å²) in [6.07, 6.45) is 2.01. The van der Waals surface area contributed by atoms with Gasteiger partial charge in [-0.2, -0.15) is 0 Å². The average Bonchev–Trinajstić information content (AvgIpc) is 3.60. The van der Waals surface area contributed by atoms with Crippen molar-refractivity contribution in [2.75, 3.05) is 5.32 Å². The predicted octanol–water partition coefficient (Wildman–Crippen LogP) is 10.1. The van der Waals surface area contributed by atoms with Gasteiger partial charge in [-0.15, -0.1) is 0 Å². The van der Waals surface area contributed by atoms with Crippen molar-refractivity contribution in [3.63, 3.8) is 0 Å². The summed E-state index contributed by atoms with van der Waals surface area (Å²) in [4.78, 5) is 0. The molecule has 7 aromatic rings. The van der Waals surface area contributed by atoms with E-state index in [-0.39, 0.29) is 18.4 Å². The van der Waals surface area contributed by atoms with Crippen molar-refractivity contribution in [3.05, 3.63) is 186 Å². The molecule has 0 aliphatic carbocycles. The van der Waals surface area contributed by atoms with E-state index >= 15 is 0 Å². The molecule has 0 amide bonds. The smallest absolute Gasteiger partial charge is 0.196 e. The van der Waals surface area contributed by atoms with Gasteiger partial charge >= 0.3 is 0 Å². The number of ether oxygens (including phenoxy) is 1. The van der Waals surface area contributed by atoms with Gasteiger partial charge in [0, 0.05) is 16.6 Å². The molecule has 0 aromatic heterocycles. The Balaban J connectivity index is 1.07. The van der Waals surface area contributed by atoms with Crippen LogP contribution in [0.25, 0.3) is 38.4 Å². The Hall–Kier alpha value is -5.84. The molecule has 3 unspecified atom stereocenters. The largest absolute Gasteiger partial charge is 0.464 e. The quantitative estimate of drug-likeness (QED) is 0.170. The molecule has 226 valence electrons. The molecule has 0 spiro atoms. The zero-order valence-corrected chi connectivity index (χ0v) is 25.7. The summed E-state index contributed by atoms with van der Waals surface area (Å²) in [6, 6.07) is 55.9. The van der Waals surface area contributed by atoms with Gasteiger partial charge in [0.1, 0.15) is 11.9 Å². The highest BCUT2D eigenvalue weighted by Gasteiger charge is 2.27. The third-order valence-electron chi connectivity index (χ3n) is 9.38. The second kappa shape index (κ2) is 11.5. The van der Waals surface area contributed by atoms with Crippen LogP contribution in [0.3, 0.4) is 0 Å². The summed E-state index contributed by atoms with van der Waals surface area (Å²) < 4.78 is 6.37. The van der Waals surface area contributed by atoms with Gasteiger partial charge in [0.15, 0.2) is 6.23 Å².